The molecule has 1 rings (SSSR count). The Hall–Kier alpha value is -1.72. The SMILES string of the molecule is CCOC(=O)C(C)CNc1ccc(C(F)(F)F)cc1. The Kier molecular flexibility index (Phi) is 5.20. The largest absolute Gasteiger partial charge is 0.466 e. The summed E-state index contributed by atoms with van der Waals surface area (Å²) >= 11 is 0. The molecular weight excluding hydrogens is 259 g/mol. The number of alkyl halides is 3. The third-order valence-corrected chi connectivity index (χ3v) is 2.51. The molecule has 19 heavy (non-hydrogen) atoms. The molecule has 1 unspecified atom stereocenters. The summed E-state index contributed by atoms with van der Waals surface area (Å²) in [6.07, 6.45) is -4.34. The van der Waals surface area contributed by atoms with E-state index in [1.807, 2.05) is 0 Å². The Balaban J connectivity index is 2.53. The van der Waals surface area contributed by atoms with Crippen LogP contribution in [-0.4, -0.2) is 19.1 Å². The Bertz CT molecular complexity index is 415. The van der Waals surface area contributed by atoms with E-state index in [0.717, 1.165) is 12.1 Å². The van der Waals surface area contributed by atoms with Gasteiger partial charge in [-0.05, 0) is 31.2 Å². The van der Waals surface area contributed by atoms with Crippen molar-refractivity contribution in [2.24, 2.45) is 5.92 Å². The van der Waals surface area contributed by atoms with Crippen molar-refractivity contribution >= 4 is 11.7 Å². The van der Waals surface area contributed by atoms with E-state index in [9.17, 15) is 18.0 Å². The molecule has 1 atom stereocenters. The lowest BCUT2D eigenvalue weighted by molar-refractivity contribution is -0.146. The lowest BCUT2D eigenvalue weighted by Gasteiger charge is -2.13. The maximum absolute atomic E-state index is 12.3. The topological polar surface area (TPSA) is 38.3 Å². The van der Waals surface area contributed by atoms with E-state index < -0.39 is 11.7 Å². The number of halogens is 3. The van der Waals surface area contributed by atoms with Gasteiger partial charge in [0.15, 0.2) is 0 Å². The highest BCUT2D eigenvalue weighted by molar-refractivity contribution is 5.72. The second-order valence-corrected chi connectivity index (χ2v) is 4.11. The molecule has 0 radical (unpaired) electrons. The molecule has 1 aromatic rings. The van der Waals surface area contributed by atoms with Crippen molar-refractivity contribution in [2.45, 2.75) is 20.0 Å². The maximum atomic E-state index is 12.3. The lowest BCUT2D eigenvalue weighted by atomic mass is 10.1. The summed E-state index contributed by atoms with van der Waals surface area (Å²) in [5.74, 6) is -0.691. The van der Waals surface area contributed by atoms with Gasteiger partial charge in [0.2, 0.25) is 0 Å². The van der Waals surface area contributed by atoms with Crippen LogP contribution in [0.15, 0.2) is 24.3 Å². The fraction of sp³-hybridized carbons (Fsp3) is 0.462. The summed E-state index contributed by atoms with van der Waals surface area (Å²) in [6.45, 7) is 4.02. The van der Waals surface area contributed by atoms with E-state index in [0.29, 0.717) is 18.8 Å². The summed E-state index contributed by atoms with van der Waals surface area (Å²) in [7, 11) is 0. The number of benzene rings is 1. The lowest BCUT2D eigenvalue weighted by Crippen LogP contribution is -2.22. The summed E-state index contributed by atoms with van der Waals surface area (Å²) in [5.41, 5.74) is -0.166. The van der Waals surface area contributed by atoms with Gasteiger partial charge in [-0.25, -0.2) is 0 Å². The van der Waals surface area contributed by atoms with E-state index in [1.54, 1.807) is 13.8 Å². The van der Waals surface area contributed by atoms with Gasteiger partial charge in [-0.15, -0.1) is 0 Å². The van der Waals surface area contributed by atoms with E-state index in [2.05, 4.69) is 5.32 Å². The Morgan fingerprint density at radius 3 is 2.37 bits per heavy atom. The number of esters is 1. The molecule has 0 spiro atoms. The van der Waals surface area contributed by atoms with Crippen LogP contribution in [0.2, 0.25) is 0 Å². The van der Waals surface area contributed by atoms with Gasteiger partial charge < -0.3 is 10.1 Å². The first kappa shape index (κ1) is 15.3. The van der Waals surface area contributed by atoms with Gasteiger partial charge in [0.25, 0.3) is 0 Å². The van der Waals surface area contributed by atoms with Crippen molar-refractivity contribution in [3.63, 3.8) is 0 Å². The zero-order chi connectivity index (χ0) is 14.5. The van der Waals surface area contributed by atoms with Crippen molar-refractivity contribution in [1.82, 2.24) is 0 Å². The van der Waals surface area contributed by atoms with E-state index >= 15 is 0 Å². The molecule has 1 aromatic carbocycles. The minimum atomic E-state index is -4.34. The first-order valence-electron chi connectivity index (χ1n) is 5.92. The number of carbonyl (C=O) groups is 1. The zero-order valence-electron chi connectivity index (χ0n) is 10.8. The number of ether oxygens (including phenoxy) is 1. The van der Waals surface area contributed by atoms with Crippen LogP contribution in [0, 0.1) is 5.92 Å². The van der Waals surface area contributed by atoms with Crippen LogP contribution < -0.4 is 5.32 Å². The second-order valence-electron chi connectivity index (χ2n) is 4.11. The van der Waals surface area contributed by atoms with Gasteiger partial charge in [0.05, 0.1) is 18.1 Å². The maximum Gasteiger partial charge on any atom is 0.416 e. The van der Waals surface area contributed by atoms with Gasteiger partial charge in [-0.2, -0.15) is 13.2 Å². The standard InChI is InChI=1S/C13H16F3NO2/c1-3-19-12(18)9(2)8-17-11-6-4-10(5-7-11)13(14,15)16/h4-7,9,17H,3,8H2,1-2H3. The number of hydrogen-bond donors (Lipinski definition) is 1. The third kappa shape index (κ3) is 4.81. The number of hydrogen-bond acceptors (Lipinski definition) is 3. The number of anilines is 1. The van der Waals surface area contributed by atoms with E-state index in [-0.39, 0.29) is 11.9 Å². The van der Waals surface area contributed by atoms with Crippen LogP contribution in [0.3, 0.4) is 0 Å². The molecule has 0 aliphatic rings. The number of rotatable bonds is 5. The van der Waals surface area contributed by atoms with Gasteiger partial charge in [-0.1, -0.05) is 6.92 Å². The Labute approximate surface area is 109 Å². The summed E-state index contributed by atoms with van der Waals surface area (Å²) < 4.78 is 41.9. The molecule has 0 bridgehead atoms. The molecule has 0 aliphatic heterocycles. The smallest absolute Gasteiger partial charge is 0.416 e. The first-order valence-corrected chi connectivity index (χ1v) is 5.92. The van der Waals surface area contributed by atoms with Crippen LogP contribution in [0.1, 0.15) is 19.4 Å². The second kappa shape index (κ2) is 6.45. The number of carbonyl (C=O) groups excluding carboxylic acids is 1. The van der Waals surface area contributed by atoms with Crippen LogP contribution in [0.25, 0.3) is 0 Å². The molecule has 6 heteroatoms. The van der Waals surface area contributed by atoms with Crippen molar-refractivity contribution in [1.29, 1.82) is 0 Å². The molecule has 0 amide bonds. The molecule has 0 fully saturated rings. The monoisotopic (exact) mass is 275 g/mol. The third-order valence-electron chi connectivity index (χ3n) is 2.51. The molecule has 106 valence electrons. The van der Waals surface area contributed by atoms with Gasteiger partial charge >= 0.3 is 12.1 Å². The summed E-state index contributed by atoms with van der Waals surface area (Å²) in [5, 5.41) is 2.89. The fourth-order valence-electron chi connectivity index (χ4n) is 1.42. The molecule has 0 heterocycles. The normalized spacial score (nSPS) is 12.9. The highest BCUT2D eigenvalue weighted by atomic mass is 19.4. The molecular formula is C13H16F3NO2. The van der Waals surface area contributed by atoms with E-state index in [1.165, 1.54) is 12.1 Å². The van der Waals surface area contributed by atoms with Gasteiger partial charge in [-0.3, -0.25) is 4.79 Å². The Morgan fingerprint density at radius 1 is 1.32 bits per heavy atom. The highest BCUT2D eigenvalue weighted by Crippen LogP contribution is 2.29. The fourth-order valence-corrected chi connectivity index (χ4v) is 1.42. The minimum Gasteiger partial charge on any atom is -0.466 e. The minimum absolute atomic E-state index is 0.309. The number of nitrogens with one attached hydrogen (secondary N) is 1. The average molecular weight is 275 g/mol. The van der Waals surface area contributed by atoms with Gasteiger partial charge in [0.1, 0.15) is 0 Å². The molecule has 0 saturated carbocycles. The first-order chi connectivity index (χ1) is 8.84. The van der Waals surface area contributed by atoms with E-state index in [4.69, 9.17) is 4.74 Å². The molecule has 0 saturated heterocycles. The van der Waals surface area contributed by atoms with Crippen molar-refractivity contribution in [3.8, 4) is 0 Å². The van der Waals surface area contributed by atoms with Crippen LogP contribution in [-0.2, 0) is 15.7 Å². The molecule has 0 aromatic heterocycles. The Morgan fingerprint density at radius 2 is 1.89 bits per heavy atom. The van der Waals surface area contributed by atoms with Crippen molar-refractivity contribution in [2.75, 3.05) is 18.5 Å². The zero-order valence-corrected chi connectivity index (χ0v) is 10.8. The molecule has 0 aliphatic carbocycles. The van der Waals surface area contributed by atoms with Crippen LogP contribution in [0.4, 0.5) is 18.9 Å². The quantitative estimate of drug-likeness (QED) is 0.838. The van der Waals surface area contributed by atoms with Crippen LogP contribution in [0.5, 0.6) is 0 Å². The van der Waals surface area contributed by atoms with Crippen molar-refractivity contribution in [3.05, 3.63) is 29.8 Å². The van der Waals surface area contributed by atoms with Gasteiger partial charge in [0, 0.05) is 12.2 Å². The van der Waals surface area contributed by atoms with Crippen molar-refractivity contribution < 1.29 is 22.7 Å². The highest BCUT2D eigenvalue weighted by Gasteiger charge is 2.29. The molecule has 1 N–H and O–H groups in total. The predicted molar refractivity (Wildman–Crippen MR) is 65.7 cm³/mol. The van der Waals surface area contributed by atoms with Crippen LogP contribution >= 0.6 is 0 Å². The summed E-state index contributed by atoms with van der Waals surface area (Å²) in [4.78, 5) is 11.3. The predicted octanol–water partition coefficient (Wildman–Crippen LogP) is 3.32. The molecule has 3 nitrogen and oxygen atoms in total. The average Bonchev–Trinajstić information content (AvgIpc) is 2.35. The summed E-state index contributed by atoms with van der Waals surface area (Å²) in [6, 6.07) is 4.66.